The van der Waals surface area contributed by atoms with Gasteiger partial charge in [0.15, 0.2) is 5.13 Å². The molecule has 9 nitrogen and oxygen atoms in total. The topological polar surface area (TPSA) is 117 Å². The number of hydrogen-bond acceptors (Lipinski definition) is 7. The van der Waals surface area contributed by atoms with E-state index in [2.05, 4.69) is 20.2 Å². The minimum absolute atomic E-state index is 0.190. The molecule has 3 aromatic rings. The van der Waals surface area contributed by atoms with Crippen molar-refractivity contribution >= 4 is 61.8 Å². The van der Waals surface area contributed by atoms with Crippen molar-refractivity contribution in [1.82, 2.24) is 15.3 Å². The van der Waals surface area contributed by atoms with Crippen LogP contribution in [0.25, 0.3) is 10.2 Å². The summed E-state index contributed by atoms with van der Waals surface area (Å²) in [6, 6.07) is 4.79. The van der Waals surface area contributed by atoms with Gasteiger partial charge in [-0.2, -0.15) is 0 Å². The van der Waals surface area contributed by atoms with Crippen LogP contribution in [0.15, 0.2) is 18.2 Å². The quantitative estimate of drug-likeness (QED) is 0.380. The molecular formula is C22H24Cl2N4O5S. The van der Waals surface area contributed by atoms with Gasteiger partial charge in [0, 0.05) is 25.9 Å². The summed E-state index contributed by atoms with van der Waals surface area (Å²) >= 11 is 13.7. The summed E-state index contributed by atoms with van der Waals surface area (Å²) in [5.41, 5.74) is 1.71. The molecule has 12 heteroatoms. The van der Waals surface area contributed by atoms with E-state index in [0.717, 1.165) is 0 Å². The fourth-order valence-corrected chi connectivity index (χ4v) is 5.44. The van der Waals surface area contributed by atoms with Gasteiger partial charge in [0.05, 0.1) is 51.2 Å². The second kappa shape index (κ2) is 10.5. The second-order valence-corrected chi connectivity index (χ2v) is 9.66. The van der Waals surface area contributed by atoms with Gasteiger partial charge in [-0.15, -0.1) is 0 Å². The lowest BCUT2D eigenvalue weighted by atomic mass is 10.0. The average molecular weight is 527 g/mol. The molecule has 0 spiro atoms. The number of fused-ring (bicyclic) bond motifs is 1. The number of aryl methyl sites for hydroxylation is 1. The average Bonchev–Trinajstić information content (AvgIpc) is 3.36. The van der Waals surface area contributed by atoms with Crippen molar-refractivity contribution in [3.05, 3.63) is 45.2 Å². The first-order valence-electron chi connectivity index (χ1n) is 10.6. The van der Waals surface area contributed by atoms with Crippen molar-refractivity contribution in [2.24, 2.45) is 0 Å². The molecule has 1 fully saturated rings. The predicted octanol–water partition coefficient (Wildman–Crippen LogP) is 3.98. The number of H-pyrrole nitrogens is 1. The van der Waals surface area contributed by atoms with E-state index < -0.39 is 5.97 Å². The number of benzene rings is 1. The van der Waals surface area contributed by atoms with Crippen LogP contribution in [0.2, 0.25) is 10.0 Å². The molecule has 2 aromatic heterocycles. The monoisotopic (exact) mass is 526 g/mol. The number of carbonyl (C=O) groups is 2. The number of halogens is 2. The summed E-state index contributed by atoms with van der Waals surface area (Å²) in [5, 5.41) is 13.7. The van der Waals surface area contributed by atoms with Crippen LogP contribution in [0.4, 0.5) is 5.13 Å². The summed E-state index contributed by atoms with van der Waals surface area (Å²) in [6.45, 7) is 3.59. The van der Waals surface area contributed by atoms with Crippen LogP contribution in [0.1, 0.15) is 33.0 Å². The first-order valence-corrected chi connectivity index (χ1v) is 12.2. The Morgan fingerprint density at radius 2 is 2.12 bits per heavy atom. The number of carbonyl (C=O) groups excluding carboxylic acids is 1. The second-order valence-electron chi connectivity index (χ2n) is 7.93. The highest BCUT2D eigenvalue weighted by Gasteiger charge is 2.33. The van der Waals surface area contributed by atoms with E-state index in [-0.39, 0.29) is 34.3 Å². The highest BCUT2D eigenvalue weighted by Crippen LogP contribution is 2.34. The first-order chi connectivity index (χ1) is 16.3. The zero-order valence-corrected chi connectivity index (χ0v) is 20.9. The number of thiazole rings is 1. The molecule has 3 N–H and O–H groups in total. The van der Waals surface area contributed by atoms with E-state index in [0.29, 0.717) is 58.8 Å². The highest BCUT2D eigenvalue weighted by atomic mass is 35.5. The van der Waals surface area contributed by atoms with E-state index in [1.165, 1.54) is 11.3 Å². The number of piperidine rings is 1. The Morgan fingerprint density at radius 1 is 1.32 bits per heavy atom. The number of nitrogens with zero attached hydrogens (tertiary/aromatic N) is 2. The van der Waals surface area contributed by atoms with Crippen molar-refractivity contribution in [2.45, 2.75) is 25.5 Å². The fraction of sp³-hybridized carbons (Fsp3) is 0.409. The van der Waals surface area contributed by atoms with Crippen molar-refractivity contribution in [3.63, 3.8) is 0 Å². The van der Waals surface area contributed by atoms with Crippen LogP contribution in [-0.2, 0) is 9.47 Å². The molecule has 1 saturated heterocycles. The van der Waals surface area contributed by atoms with Crippen molar-refractivity contribution in [3.8, 4) is 0 Å². The molecule has 0 bridgehead atoms. The van der Waals surface area contributed by atoms with Crippen LogP contribution >= 0.6 is 34.5 Å². The van der Waals surface area contributed by atoms with Crippen LogP contribution < -0.4 is 10.2 Å². The van der Waals surface area contributed by atoms with Crippen LogP contribution in [0, 0.1) is 6.92 Å². The number of carboxylic acids is 1. The lowest BCUT2D eigenvalue weighted by Gasteiger charge is -2.38. The Bertz CT molecular complexity index is 1210. The lowest BCUT2D eigenvalue weighted by Crippen LogP contribution is -2.55. The van der Waals surface area contributed by atoms with Crippen LogP contribution in [0.3, 0.4) is 0 Å². The maximum Gasteiger partial charge on any atom is 0.337 e. The van der Waals surface area contributed by atoms with Gasteiger partial charge in [-0.3, -0.25) is 4.79 Å². The third-order valence-corrected chi connectivity index (χ3v) is 7.79. The Morgan fingerprint density at radius 3 is 2.79 bits per heavy atom. The standard InChI is InChI=1S/C22H24Cl2N4O5S/c1-11-16(23)17(24)18(25-11)20(29)26-13-6-7-28(10-15(13)33-9-8-32-2)22-27-14-5-3-4-12(21(30)31)19(14)34-22/h3-5,13,15,25H,6-10H2,1-2H3,(H,26,29)(H,30,31). The smallest absolute Gasteiger partial charge is 0.337 e. The number of rotatable bonds is 8. The number of aromatic carboxylic acids is 1. The third kappa shape index (κ3) is 5.01. The zero-order valence-electron chi connectivity index (χ0n) is 18.6. The number of amides is 1. The largest absolute Gasteiger partial charge is 0.478 e. The van der Waals surface area contributed by atoms with Crippen molar-refractivity contribution in [2.75, 3.05) is 38.3 Å². The normalized spacial score (nSPS) is 18.4. The van der Waals surface area contributed by atoms with E-state index in [1.807, 2.05) is 0 Å². The van der Waals surface area contributed by atoms with Crippen LogP contribution in [0.5, 0.6) is 0 Å². The van der Waals surface area contributed by atoms with Gasteiger partial charge in [-0.05, 0) is 25.5 Å². The van der Waals surface area contributed by atoms with Crippen molar-refractivity contribution < 1.29 is 24.2 Å². The summed E-state index contributed by atoms with van der Waals surface area (Å²) < 4.78 is 11.8. The molecule has 1 aliphatic heterocycles. The molecule has 3 heterocycles. The Hall–Kier alpha value is -2.37. The predicted molar refractivity (Wildman–Crippen MR) is 132 cm³/mol. The Labute approximate surface area is 210 Å². The van der Waals surface area contributed by atoms with Gasteiger partial charge in [0.25, 0.3) is 5.91 Å². The minimum atomic E-state index is -0.985. The molecule has 0 saturated carbocycles. The number of methoxy groups -OCH3 is 1. The molecule has 0 radical (unpaired) electrons. The molecule has 1 amide bonds. The lowest BCUT2D eigenvalue weighted by molar-refractivity contribution is -0.00497. The van der Waals surface area contributed by atoms with Crippen LogP contribution in [-0.4, -0.2) is 72.5 Å². The summed E-state index contributed by atoms with van der Waals surface area (Å²) in [6.07, 6.45) is 0.250. The summed E-state index contributed by atoms with van der Waals surface area (Å²) in [5.74, 6) is -1.34. The van der Waals surface area contributed by atoms with Gasteiger partial charge >= 0.3 is 5.97 Å². The number of nitrogens with one attached hydrogen (secondary N) is 2. The van der Waals surface area contributed by atoms with Gasteiger partial charge in [0.1, 0.15) is 5.69 Å². The molecule has 2 atom stereocenters. The third-order valence-electron chi connectivity index (χ3n) is 5.68. The van der Waals surface area contributed by atoms with E-state index >= 15 is 0 Å². The highest BCUT2D eigenvalue weighted by molar-refractivity contribution is 7.22. The number of carboxylic acid groups (broad SMARTS) is 1. The molecule has 182 valence electrons. The maximum absolute atomic E-state index is 12.9. The van der Waals surface area contributed by atoms with Gasteiger partial charge < -0.3 is 29.8 Å². The summed E-state index contributed by atoms with van der Waals surface area (Å²) in [7, 11) is 1.59. The number of anilines is 1. The molecule has 1 aromatic carbocycles. The number of aromatic nitrogens is 2. The van der Waals surface area contributed by atoms with E-state index in [1.54, 1.807) is 32.2 Å². The van der Waals surface area contributed by atoms with Gasteiger partial charge in [-0.25, -0.2) is 9.78 Å². The Balaban J connectivity index is 1.53. The summed E-state index contributed by atoms with van der Waals surface area (Å²) in [4.78, 5) is 34.1. The van der Waals surface area contributed by atoms with E-state index in [9.17, 15) is 14.7 Å². The van der Waals surface area contributed by atoms with Crippen molar-refractivity contribution in [1.29, 1.82) is 0 Å². The van der Waals surface area contributed by atoms with E-state index in [4.69, 9.17) is 32.7 Å². The number of hydrogen-bond donors (Lipinski definition) is 3. The molecule has 34 heavy (non-hydrogen) atoms. The molecular weight excluding hydrogens is 503 g/mol. The number of ether oxygens (including phenoxy) is 2. The minimum Gasteiger partial charge on any atom is -0.478 e. The molecule has 2 unspecified atom stereocenters. The van der Waals surface area contributed by atoms with Gasteiger partial charge in [0.2, 0.25) is 0 Å². The SMILES string of the molecule is COCCOC1CN(c2nc3cccc(C(=O)O)c3s2)CCC1NC(=O)c1[nH]c(C)c(Cl)c1Cl. The molecule has 0 aliphatic carbocycles. The molecule has 1 aliphatic rings. The van der Waals surface area contributed by atoms with Gasteiger partial charge in [-0.1, -0.05) is 40.6 Å². The number of aromatic amines is 1. The maximum atomic E-state index is 12.9. The first kappa shape index (κ1) is 24.7. The molecule has 4 rings (SSSR count). The fourth-order valence-electron chi connectivity index (χ4n) is 3.92. The zero-order chi connectivity index (χ0) is 24.4. The Kier molecular flexibility index (Phi) is 7.63.